The Morgan fingerprint density at radius 2 is 1.74 bits per heavy atom. The smallest absolute Gasteiger partial charge is 0.550 e. The van der Waals surface area contributed by atoms with E-state index in [4.69, 9.17) is 4.74 Å². The zero-order valence-electron chi connectivity index (χ0n) is 19.1. The molecule has 0 saturated carbocycles. The van der Waals surface area contributed by atoms with Crippen molar-refractivity contribution in [3.8, 4) is 5.75 Å². The molecule has 1 fully saturated rings. The topological polar surface area (TPSA) is 72.9 Å². The first-order valence-electron chi connectivity index (χ1n) is 10.2. The van der Waals surface area contributed by atoms with Gasteiger partial charge < -0.3 is 19.5 Å². The quantitative estimate of drug-likeness (QED) is 0.642. The standard InChI is InChI=1S/C24H28N2O4.Na/c1-23(2,3)16-9-10-19-20(11-16)30-24(4,5)22(29)26(19)18-8-6-7-17(12-18)25-13-15(14-25)21(27)28;/h6-12,15H,13-14H2,1-5H3,(H,27,28);/q;+1/p-1. The van der Waals surface area contributed by atoms with Crippen molar-refractivity contribution >= 4 is 28.9 Å². The molecule has 158 valence electrons. The minimum absolute atomic E-state index is 0. The predicted octanol–water partition coefficient (Wildman–Crippen LogP) is 0.00990. The number of benzene rings is 2. The summed E-state index contributed by atoms with van der Waals surface area (Å²) in [5, 5.41) is 11.0. The summed E-state index contributed by atoms with van der Waals surface area (Å²) in [6, 6.07) is 13.6. The first-order chi connectivity index (χ1) is 14.0. The Morgan fingerprint density at radius 1 is 1.10 bits per heavy atom. The number of hydrogen-bond acceptors (Lipinski definition) is 5. The monoisotopic (exact) mass is 430 g/mol. The molecule has 0 spiro atoms. The Morgan fingerprint density at radius 3 is 2.35 bits per heavy atom. The molecule has 2 aromatic rings. The second-order valence-corrected chi connectivity index (χ2v) is 9.63. The van der Waals surface area contributed by atoms with Gasteiger partial charge in [-0.25, -0.2) is 0 Å². The van der Waals surface area contributed by atoms with Crippen LogP contribution in [0.5, 0.6) is 5.75 Å². The first-order valence-corrected chi connectivity index (χ1v) is 10.2. The number of rotatable bonds is 3. The molecule has 0 unspecified atom stereocenters. The maximum Gasteiger partial charge on any atom is 1.00 e. The van der Waals surface area contributed by atoms with Gasteiger partial charge in [0.2, 0.25) is 0 Å². The van der Waals surface area contributed by atoms with E-state index in [2.05, 4.69) is 20.8 Å². The van der Waals surface area contributed by atoms with Gasteiger partial charge in [-0.1, -0.05) is 32.9 Å². The van der Waals surface area contributed by atoms with Gasteiger partial charge in [-0.3, -0.25) is 9.69 Å². The molecule has 4 rings (SSSR count). The van der Waals surface area contributed by atoms with Crippen molar-refractivity contribution in [3.63, 3.8) is 0 Å². The number of carboxylic acids is 1. The summed E-state index contributed by atoms with van der Waals surface area (Å²) in [4.78, 5) is 28.0. The largest absolute Gasteiger partial charge is 1.00 e. The fraction of sp³-hybridized carbons (Fsp3) is 0.417. The Balaban J connectivity index is 0.00000272. The molecule has 0 radical (unpaired) electrons. The van der Waals surface area contributed by atoms with E-state index < -0.39 is 17.5 Å². The number of ether oxygens (including phenoxy) is 1. The van der Waals surface area contributed by atoms with Crippen LogP contribution in [0, 0.1) is 5.92 Å². The molecule has 2 aromatic carbocycles. The Kier molecular flexibility index (Phi) is 6.22. The molecule has 2 heterocycles. The van der Waals surface area contributed by atoms with Crippen molar-refractivity contribution in [2.45, 2.75) is 45.6 Å². The minimum Gasteiger partial charge on any atom is -0.550 e. The molecule has 1 amide bonds. The molecule has 0 aliphatic carbocycles. The van der Waals surface area contributed by atoms with Crippen LogP contribution < -0.4 is 49.2 Å². The van der Waals surface area contributed by atoms with Crippen molar-refractivity contribution in [3.05, 3.63) is 48.0 Å². The summed E-state index contributed by atoms with van der Waals surface area (Å²) in [6.45, 7) is 10.8. The summed E-state index contributed by atoms with van der Waals surface area (Å²) in [7, 11) is 0. The molecule has 1 saturated heterocycles. The van der Waals surface area contributed by atoms with Gasteiger partial charge in [0.05, 0.1) is 11.4 Å². The summed E-state index contributed by atoms with van der Waals surface area (Å²) < 4.78 is 6.10. The number of hydrogen-bond donors (Lipinski definition) is 0. The van der Waals surface area contributed by atoms with Gasteiger partial charge in [-0.05, 0) is 55.2 Å². The molecule has 7 heteroatoms. The molecular weight excluding hydrogens is 403 g/mol. The van der Waals surface area contributed by atoms with Crippen LogP contribution in [0.25, 0.3) is 0 Å². The van der Waals surface area contributed by atoms with Gasteiger partial charge >= 0.3 is 29.6 Å². The summed E-state index contributed by atoms with van der Waals surface area (Å²) >= 11 is 0. The Hall–Kier alpha value is -2.02. The van der Waals surface area contributed by atoms with Crippen LogP contribution in [0.3, 0.4) is 0 Å². The number of aliphatic carboxylic acids is 1. The van der Waals surface area contributed by atoms with Crippen molar-refractivity contribution in [2.75, 3.05) is 22.9 Å². The van der Waals surface area contributed by atoms with E-state index in [1.54, 1.807) is 18.7 Å². The van der Waals surface area contributed by atoms with Crippen LogP contribution in [-0.4, -0.2) is 30.6 Å². The van der Waals surface area contributed by atoms with Crippen LogP contribution >= 0.6 is 0 Å². The normalized spacial score (nSPS) is 17.9. The van der Waals surface area contributed by atoms with Crippen molar-refractivity contribution < 1.29 is 49.0 Å². The van der Waals surface area contributed by atoms with Crippen LogP contribution in [0.4, 0.5) is 17.1 Å². The number of anilines is 3. The van der Waals surface area contributed by atoms with Crippen LogP contribution in [-0.2, 0) is 15.0 Å². The third-order valence-electron chi connectivity index (χ3n) is 5.82. The molecule has 2 aliphatic heterocycles. The predicted molar refractivity (Wildman–Crippen MR) is 114 cm³/mol. The number of carboxylic acid groups (broad SMARTS) is 1. The van der Waals surface area contributed by atoms with Crippen LogP contribution in [0.1, 0.15) is 40.2 Å². The van der Waals surface area contributed by atoms with Crippen molar-refractivity contribution in [1.82, 2.24) is 0 Å². The van der Waals surface area contributed by atoms with Gasteiger partial charge in [0.15, 0.2) is 5.60 Å². The number of amides is 1. The zero-order chi connectivity index (χ0) is 21.8. The maximum absolute atomic E-state index is 13.3. The van der Waals surface area contributed by atoms with Crippen LogP contribution in [0.15, 0.2) is 42.5 Å². The molecule has 0 bridgehead atoms. The average Bonchev–Trinajstić information content (AvgIpc) is 2.60. The zero-order valence-corrected chi connectivity index (χ0v) is 21.1. The summed E-state index contributed by atoms with van der Waals surface area (Å²) in [5.74, 6) is -0.935. The van der Waals surface area contributed by atoms with Crippen LogP contribution in [0.2, 0.25) is 0 Å². The summed E-state index contributed by atoms with van der Waals surface area (Å²) in [6.07, 6.45) is 0. The van der Waals surface area contributed by atoms with E-state index in [1.165, 1.54) is 0 Å². The van der Waals surface area contributed by atoms with E-state index in [1.807, 2.05) is 47.4 Å². The SMILES string of the molecule is CC1(C)Oc2cc(C(C)(C)C)ccc2N(c2cccc(N3CC(C(=O)[O-])C3)c2)C1=O.[Na+]. The minimum atomic E-state index is -1.02. The second kappa shape index (κ2) is 8.15. The van der Waals surface area contributed by atoms with E-state index in [0.29, 0.717) is 24.5 Å². The molecule has 31 heavy (non-hydrogen) atoms. The molecule has 0 N–H and O–H groups in total. The molecule has 2 aliphatic rings. The average molecular weight is 430 g/mol. The van der Waals surface area contributed by atoms with E-state index in [9.17, 15) is 14.7 Å². The second-order valence-electron chi connectivity index (χ2n) is 9.63. The van der Waals surface area contributed by atoms with Gasteiger partial charge in [-0.15, -0.1) is 0 Å². The number of fused-ring (bicyclic) bond motifs is 1. The Labute approximate surface area is 205 Å². The molecule has 0 aromatic heterocycles. The molecule has 0 atom stereocenters. The fourth-order valence-corrected chi connectivity index (χ4v) is 3.87. The molecular formula is C24H27N2NaO4. The molecule has 6 nitrogen and oxygen atoms in total. The number of carbonyl (C=O) groups excluding carboxylic acids is 2. The van der Waals surface area contributed by atoms with Gasteiger partial charge in [0.25, 0.3) is 5.91 Å². The number of nitrogens with zero attached hydrogens (tertiary/aromatic N) is 2. The van der Waals surface area contributed by atoms with E-state index in [0.717, 1.165) is 16.9 Å². The van der Waals surface area contributed by atoms with Gasteiger partial charge in [0.1, 0.15) is 5.75 Å². The van der Waals surface area contributed by atoms with Crippen molar-refractivity contribution in [2.24, 2.45) is 5.92 Å². The van der Waals surface area contributed by atoms with Gasteiger partial charge in [-0.2, -0.15) is 0 Å². The third kappa shape index (κ3) is 4.34. The van der Waals surface area contributed by atoms with E-state index in [-0.39, 0.29) is 40.9 Å². The van der Waals surface area contributed by atoms with Gasteiger partial charge in [0, 0.05) is 30.7 Å². The Bertz CT molecular complexity index is 1020. The summed E-state index contributed by atoms with van der Waals surface area (Å²) in [5.41, 5.74) is 2.41. The fourth-order valence-electron chi connectivity index (χ4n) is 3.87. The number of carbonyl (C=O) groups is 2. The maximum atomic E-state index is 13.3. The first kappa shape index (κ1) is 23.6. The van der Waals surface area contributed by atoms with Crippen molar-refractivity contribution in [1.29, 1.82) is 0 Å². The van der Waals surface area contributed by atoms with E-state index >= 15 is 0 Å². The third-order valence-corrected chi connectivity index (χ3v) is 5.82.